The Labute approximate surface area is 58.5 Å². The number of rotatable bonds is 1. The van der Waals surface area contributed by atoms with Gasteiger partial charge >= 0.3 is 5.97 Å². The minimum Gasteiger partial charge on any atom is -0.469 e. The van der Waals surface area contributed by atoms with Crippen LogP contribution in [0.2, 0.25) is 0 Å². The summed E-state index contributed by atoms with van der Waals surface area (Å²) in [4.78, 5) is 21.2. The fourth-order valence-electron chi connectivity index (χ4n) is 0.876. The van der Waals surface area contributed by atoms with Crippen LogP contribution in [-0.2, 0) is 14.3 Å². The summed E-state index contributed by atoms with van der Waals surface area (Å²) >= 11 is 0. The van der Waals surface area contributed by atoms with Gasteiger partial charge in [-0.2, -0.15) is 0 Å². The van der Waals surface area contributed by atoms with Crippen LogP contribution >= 0.6 is 0 Å². The van der Waals surface area contributed by atoms with Crippen LogP contribution < -0.4 is 5.32 Å². The van der Waals surface area contributed by atoms with Crippen LogP contribution in [0.4, 0.5) is 0 Å². The number of amides is 1. The van der Waals surface area contributed by atoms with Crippen LogP contribution in [0.25, 0.3) is 0 Å². The molecule has 1 aliphatic rings. The van der Waals surface area contributed by atoms with E-state index in [9.17, 15) is 9.59 Å². The van der Waals surface area contributed by atoms with Gasteiger partial charge in [0.1, 0.15) is 0 Å². The van der Waals surface area contributed by atoms with Crippen LogP contribution in [0.15, 0.2) is 0 Å². The van der Waals surface area contributed by atoms with Crippen LogP contribution in [0, 0.1) is 5.92 Å². The van der Waals surface area contributed by atoms with E-state index in [-0.39, 0.29) is 24.2 Å². The second-order valence-electron chi connectivity index (χ2n) is 2.16. The van der Waals surface area contributed by atoms with E-state index in [0.717, 1.165) is 0 Å². The largest absolute Gasteiger partial charge is 0.469 e. The summed E-state index contributed by atoms with van der Waals surface area (Å²) < 4.78 is 4.43. The van der Waals surface area contributed by atoms with Gasteiger partial charge < -0.3 is 4.74 Å². The average molecular weight is 142 g/mol. The highest BCUT2D eigenvalue weighted by Gasteiger charge is 2.29. The standard InChI is InChI=1S/C6H8NO3/c1-10-6(9)4-2-5(8)7-3-4/h4H,2-3H2,1H3. The van der Waals surface area contributed by atoms with Crippen molar-refractivity contribution < 1.29 is 14.3 Å². The van der Waals surface area contributed by atoms with Gasteiger partial charge in [-0.1, -0.05) is 0 Å². The van der Waals surface area contributed by atoms with Gasteiger partial charge in [0.2, 0.25) is 5.91 Å². The Morgan fingerprint density at radius 1 is 1.80 bits per heavy atom. The summed E-state index contributed by atoms with van der Waals surface area (Å²) in [6.07, 6.45) is 0.215. The lowest BCUT2D eigenvalue weighted by atomic mass is 10.1. The molecule has 0 aliphatic carbocycles. The molecule has 1 unspecified atom stereocenters. The van der Waals surface area contributed by atoms with Crippen molar-refractivity contribution in [1.29, 1.82) is 0 Å². The van der Waals surface area contributed by atoms with E-state index < -0.39 is 0 Å². The normalized spacial score (nSPS) is 24.1. The van der Waals surface area contributed by atoms with E-state index in [2.05, 4.69) is 10.1 Å². The van der Waals surface area contributed by atoms with Gasteiger partial charge in [-0.15, -0.1) is 0 Å². The van der Waals surface area contributed by atoms with Gasteiger partial charge in [-0.05, 0) is 0 Å². The highest BCUT2D eigenvalue weighted by molar-refractivity contribution is 5.86. The van der Waals surface area contributed by atoms with Crippen LogP contribution in [-0.4, -0.2) is 25.5 Å². The van der Waals surface area contributed by atoms with Crippen molar-refractivity contribution in [2.24, 2.45) is 5.92 Å². The molecule has 4 heteroatoms. The first-order chi connectivity index (χ1) is 4.74. The van der Waals surface area contributed by atoms with E-state index in [0.29, 0.717) is 6.54 Å². The number of nitrogens with zero attached hydrogens (tertiary/aromatic N) is 1. The summed E-state index contributed by atoms with van der Waals surface area (Å²) in [7, 11) is 1.31. The quantitative estimate of drug-likeness (QED) is 0.455. The fourth-order valence-corrected chi connectivity index (χ4v) is 0.876. The highest BCUT2D eigenvalue weighted by Crippen LogP contribution is 2.10. The molecular formula is C6H8NO3. The highest BCUT2D eigenvalue weighted by atomic mass is 16.5. The minimum absolute atomic E-state index is 0.199. The predicted molar refractivity (Wildman–Crippen MR) is 32.1 cm³/mol. The van der Waals surface area contributed by atoms with Gasteiger partial charge in [0.25, 0.3) is 0 Å². The molecule has 1 amide bonds. The maximum Gasteiger partial charge on any atom is 0.311 e. The topological polar surface area (TPSA) is 57.5 Å². The Hall–Kier alpha value is -1.06. The first kappa shape index (κ1) is 7.05. The van der Waals surface area contributed by atoms with Crippen LogP contribution in [0.3, 0.4) is 0 Å². The third kappa shape index (κ3) is 1.26. The monoisotopic (exact) mass is 142 g/mol. The van der Waals surface area contributed by atoms with Gasteiger partial charge in [0.15, 0.2) is 0 Å². The van der Waals surface area contributed by atoms with E-state index in [4.69, 9.17) is 0 Å². The molecule has 1 rings (SSSR count). The molecule has 0 bridgehead atoms. The number of methoxy groups -OCH3 is 1. The minimum atomic E-state index is -0.338. The average Bonchev–Trinajstić information content (AvgIpc) is 2.34. The fraction of sp³-hybridized carbons (Fsp3) is 0.667. The Balaban J connectivity index is 2.44. The van der Waals surface area contributed by atoms with E-state index >= 15 is 0 Å². The Bertz CT molecular complexity index is 166. The molecule has 10 heavy (non-hydrogen) atoms. The Morgan fingerprint density at radius 2 is 2.50 bits per heavy atom. The lowest BCUT2D eigenvalue weighted by Gasteiger charge is -2.01. The lowest BCUT2D eigenvalue weighted by Crippen LogP contribution is -2.16. The molecule has 55 valence electrons. The third-order valence-corrected chi connectivity index (χ3v) is 1.44. The number of hydrogen-bond acceptors (Lipinski definition) is 3. The van der Waals surface area contributed by atoms with E-state index in [1.54, 1.807) is 0 Å². The first-order valence-electron chi connectivity index (χ1n) is 3.02. The molecule has 1 atom stereocenters. The van der Waals surface area contributed by atoms with Crippen molar-refractivity contribution in [3.8, 4) is 0 Å². The van der Waals surface area contributed by atoms with Crippen molar-refractivity contribution in [3.63, 3.8) is 0 Å². The van der Waals surface area contributed by atoms with Gasteiger partial charge in [0.05, 0.1) is 19.6 Å². The predicted octanol–water partition coefficient (Wildman–Crippen LogP) is -0.690. The second-order valence-corrected chi connectivity index (χ2v) is 2.16. The maximum absolute atomic E-state index is 10.7. The zero-order chi connectivity index (χ0) is 7.56. The molecule has 0 aromatic carbocycles. The summed E-state index contributed by atoms with van der Waals surface area (Å²) in [6, 6.07) is 0. The van der Waals surface area contributed by atoms with E-state index in [1.165, 1.54) is 7.11 Å². The third-order valence-electron chi connectivity index (χ3n) is 1.44. The molecule has 0 aromatic rings. The molecule has 0 saturated carbocycles. The Kier molecular flexibility index (Phi) is 1.89. The summed E-state index contributed by atoms with van der Waals surface area (Å²) in [5.41, 5.74) is 0. The Morgan fingerprint density at radius 3 is 2.90 bits per heavy atom. The molecular weight excluding hydrogens is 134 g/mol. The zero-order valence-corrected chi connectivity index (χ0v) is 5.66. The lowest BCUT2D eigenvalue weighted by molar-refractivity contribution is -0.145. The summed E-state index contributed by atoms with van der Waals surface area (Å²) in [5.74, 6) is -0.859. The number of hydrogen-bond donors (Lipinski definition) is 0. The van der Waals surface area contributed by atoms with Crippen molar-refractivity contribution in [1.82, 2.24) is 5.32 Å². The molecule has 0 spiro atoms. The smallest absolute Gasteiger partial charge is 0.311 e. The maximum atomic E-state index is 10.7. The number of carbonyl (C=O) groups is 2. The van der Waals surface area contributed by atoms with Gasteiger partial charge in [-0.3, -0.25) is 14.9 Å². The van der Waals surface area contributed by atoms with Crippen molar-refractivity contribution >= 4 is 11.9 Å². The molecule has 1 heterocycles. The molecule has 1 fully saturated rings. The SMILES string of the molecule is COC(=O)C1C[N]C(=O)C1. The number of carbonyl (C=O) groups excluding carboxylic acids is 2. The molecule has 4 nitrogen and oxygen atoms in total. The summed E-state index contributed by atoms with van der Waals surface area (Å²) in [6.45, 7) is 0.297. The van der Waals surface area contributed by atoms with Gasteiger partial charge in [-0.25, -0.2) is 0 Å². The van der Waals surface area contributed by atoms with Crippen LogP contribution in [0.1, 0.15) is 6.42 Å². The van der Waals surface area contributed by atoms with Crippen LogP contribution in [0.5, 0.6) is 0 Å². The van der Waals surface area contributed by atoms with E-state index in [1.807, 2.05) is 0 Å². The molecule has 1 saturated heterocycles. The van der Waals surface area contributed by atoms with Crippen molar-refractivity contribution in [2.45, 2.75) is 6.42 Å². The summed E-state index contributed by atoms with van der Waals surface area (Å²) in [5, 5.41) is 3.55. The zero-order valence-electron chi connectivity index (χ0n) is 5.66. The molecule has 1 aliphatic heterocycles. The number of ether oxygens (including phenoxy) is 1. The molecule has 1 radical (unpaired) electrons. The van der Waals surface area contributed by atoms with Crippen molar-refractivity contribution in [3.05, 3.63) is 0 Å². The van der Waals surface area contributed by atoms with Crippen molar-refractivity contribution in [2.75, 3.05) is 13.7 Å². The molecule has 0 N–H and O–H groups in total. The number of esters is 1. The molecule has 0 aromatic heterocycles. The second kappa shape index (κ2) is 2.68. The van der Waals surface area contributed by atoms with Gasteiger partial charge in [0, 0.05) is 6.42 Å². The first-order valence-corrected chi connectivity index (χ1v) is 3.02.